The Labute approximate surface area is 151 Å². The molecule has 0 aliphatic heterocycles. The van der Waals surface area contributed by atoms with Crippen LogP contribution in [0.1, 0.15) is 40.5 Å². The van der Waals surface area contributed by atoms with Gasteiger partial charge >= 0.3 is 23.9 Å². The normalized spacial score (nSPS) is 26.3. The van der Waals surface area contributed by atoms with Crippen molar-refractivity contribution < 1.29 is 39.6 Å². The second-order valence-electron chi connectivity index (χ2n) is 7.72. The van der Waals surface area contributed by atoms with Gasteiger partial charge in [-0.15, -0.1) is 0 Å². The molecule has 0 fully saturated rings. The minimum Gasteiger partial charge on any atom is -0.480 e. The topological polar surface area (TPSA) is 149 Å². The molecule has 0 amide bonds. The molecule has 1 aliphatic carbocycles. The van der Waals surface area contributed by atoms with E-state index in [0.717, 1.165) is 13.8 Å². The van der Waals surface area contributed by atoms with E-state index in [0.29, 0.717) is 0 Å². The van der Waals surface area contributed by atoms with Gasteiger partial charge in [0.1, 0.15) is 0 Å². The van der Waals surface area contributed by atoms with Crippen molar-refractivity contribution in [1.29, 1.82) is 0 Å². The van der Waals surface area contributed by atoms with E-state index in [2.05, 4.69) is 0 Å². The van der Waals surface area contributed by atoms with E-state index in [1.54, 1.807) is 13.8 Å². The average molecular weight is 370 g/mol. The third-order valence-corrected chi connectivity index (χ3v) is 5.79. The van der Waals surface area contributed by atoms with Crippen molar-refractivity contribution in [2.75, 3.05) is 0 Å². The Morgan fingerprint density at radius 2 is 0.923 bits per heavy atom. The predicted molar refractivity (Wildman–Crippen MR) is 90.4 cm³/mol. The smallest absolute Gasteiger partial charge is 0.320 e. The Morgan fingerprint density at radius 3 is 1.12 bits per heavy atom. The molecular formula is C18H26O8. The van der Waals surface area contributed by atoms with Gasteiger partial charge < -0.3 is 20.4 Å². The van der Waals surface area contributed by atoms with Crippen LogP contribution in [-0.2, 0) is 19.2 Å². The van der Waals surface area contributed by atoms with Crippen LogP contribution in [0.15, 0.2) is 12.2 Å². The van der Waals surface area contributed by atoms with Crippen molar-refractivity contribution in [2.45, 2.75) is 40.5 Å². The molecule has 1 rings (SSSR count). The summed E-state index contributed by atoms with van der Waals surface area (Å²) in [5.41, 5.74) is -4.07. The van der Waals surface area contributed by atoms with Crippen LogP contribution in [-0.4, -0.2) is 44.3 Å². The Balaban J connectivity index is 3.31. The number of rotatable bonds is 8. The molecule has 26 heavy (non-hydrogen) atoms. The fraction of sp³-hybridized carbons (Fsp3) is 0.667. The standard InChI is InChI=1S/C18H26O8/c1-9-5-6-10(2)12(8-18(4,15(23)24)16(25)26)11(9)7-17(3,13(19)20)14(21)22/h5-6,9-12H,7-8H2,1-4H3,(H,19,20)(H,21,22)(H,23,24)(H,25,26). The Bertz CT molecular complexity index is 553. The summed E-state index contributed by atoms with van der Waals surface area (Å²) >= 11 is 0. The lowest BCUT2D eigenvalue weighted by Gasteiger charge is -2.42. The molecule has 0 aromatic rings. The molecule has 4 N–H and O–H groups in total. The zero-order valence-corrected chi connectivity index (χ0v) is 15.3. The summed E-state index contributed by atoms with van der Waals surface area (Å²) in [6.07, 6.45) is 3.25. The van der Waals surface area contributed by atoms with E-state index in [1.165, 1.54) is 0 Å². The van der Waals surface area contributed by atoms with E-state index in [-0.39, 0.29) is 24.7 Å². The summed E-state index contributed by atoms with van der Waals surface area (Å²) in [5.74, 6) is -7.28. The monoisotopic (exact) mass is 370 g/mol. The van der Waals surface area contributed by atoms with Crippen molar-refractivity contribution in [2.24, 2.45) is 34.5 Å². The third-order valence-electron chi connectivity index (χ3n) is 5.79. The highest BCUT2D eigenvalue weighted by atomic mass is 16.4. The molecule has 8 heteroatoms. The fourth-order valence-electron chi connectivity index (χ4n) is 3.57. The van der Waals surface area contributed by atoms with Gasteiger partial charge in [-0.25, -0.2) is 0 Å². The summed E-state index contributed by atoms with van der Waals surface area (Å²) in [7, 11) is 0. The van der Waals surface area contributed by atoms with Gasteiger partial charge in [0.2, 0.25) is 0 Å². The quantitative estimate of drug-likeness (QED) is 0.375. The van der Waals surface area contributed by atoms with Crippen LogP contribution < -0.4 is 0 Å². The summed E-state index contributed by atoms with van der Waals surface area (Å²) in [6, 6.07) is 0. The molecule has 0 aromatic heterocycles. The molecule has 0 heterocycles. The van der Waals surface area contributed by atoms with Gasteiger partial charge in [0.15, 0.2) is 10.8 Å². The zero-order chi connectivity index (χ0) is 20.4. The van der Waals surface area contributed by atoms with Gasteiger partial charge in [-0.2, -0.15) is 0 Å². The first-order valence-corrected chi connectivity index (χ1v) is 8.39. The maximum Gasteiger partial charge on any atom is 0.320 e. The van der Waals surface area contributed by atoms with Gasteiger partial charge in [0.25, 0.3) is 0 Å². The summed E-state index contributed by atoms with van der Waals surface area (Å²) in [5, 5.41) is 37.6. The molecule has 0 radical (unpaired) electrons. The predicted octanol–water partition coefficient (Wildman–Crippen LogP) is 2.19. The van der Waals surface area contributed by atoms with Crippen molar-refractivity contribution in [1.82, 2.24) is 0 Å². The number of hydrogen-bond acceptors (Lipinski definition) is 4. The lowest BCUT2D eigenvalue weighted by atomic mass is 9.61. The van der Waals surface area contributed by atoms with E-state index in [4.69, 9.17) is 0 Å². The number of hydrogen-bond donors (Lipinski definition) is 4. The van der Waals surface area contributed by atoms with Gasteiger partial charge in [-0.05, 0) is 50.4 Å². The van der Waals surface area contributed by atoms with E-state index < -0.39 is 46.5 Å². The molecule has 0 spiro atoms. The van der Waals surface area contributed by atoms with E-state index >= 15 is 0 Å². The van der Waals surface area contributed by atoms with Crippen LogP contribution in [0.4, 0.5) is 0 Å². The number of carboxylic acids is 4. The summed E-state index contributed by atoms with van der Waals surface area (Å²) in [6.45, 7) is 5.84. The lowest BCUT2D eigenvalue weighted by molar-refractivity contribution is -0.169. The minimum absolute atomic E-state index is 0.207. The number of aliphatic carboxylic acids is 4. The van der Waals surface area contributed by atoms with Gasteiger partial charge in [-0.1, -0.05) is 26.0 Å². The average Bonchev–Trinajstić information content (AvgIpc) is 2.52. The first-order chi connectivity index (χ1) is 11.8. The molecule has 0 bridgehead atoms. The lowest BCUT2D eigenvalue weighted by Crippen LogP contribution is -2.45. The van der Waals surface area contributed by atoms with Crippen LogP contribution in [0.3, 0.4) is 0 Å². The zero-order valence-electron chi connectivity index (χ0n) is 15.3. The van der Waals surface area contributed by atoms with Crippen molar-refractivity contribution >= 4 is 23.9 Å². The first kappa shape index (κ1) is 21.7. The Hall–Kier alpha value is -2.38. The molecule has 0 saturated heterocycles. The number of carbonyl (C=O) groups is 4. The van der Waals surface area contributed by atoms with Gasteiger partial charge in [0.05, 0.1) is 0 Å². The molecule has 0 aromatic carbocycles. The Kier molecular flexibility index (Phi) is 6.22. The van der Waals surface area contributed by atoms with E-state index in [1.807, 2.05) is 12.2 Å². The fourth-order valence-corrected chi connectivity index (χ4v) is 3.57. The van der Waals surface area contributed by atoms with Crippen molar-refractivity contribution in [3.8, 4) is 0 Å². The van der Waals surface area contributed by atoms with Crippen LogP contribution in [0, 0.1) is 34.5 Å². The minimum atomic E-state index is -2.04. The summed E-state index contributed by atoms with van der Waals surface area (Å²) in [4.78, 5) is 46.2. The third kappa shape index (κ3) is 3.89. The van der Waals surface area contributed by atoms with Crippen molar-refractivity contribution in [3.05, 3.63) is 12.2 Å². The first-order valence-electron chi connectivity index (χ1n) is 8.39. The van der Waals surface area contributed by atoms with Crippen LogP contribution in [0.25, 0.3) is 0 Å². The van der Waals surface area contributed by atoms with Crippen molar-refractivity contribution in [3.63, 3.8) is 0 Å². The maximum absolute atomic E-state index is 11.5. The largest absolute Gasteiger partial charge is 0.480 e. The molecule has 1 aliphatic rings. The highest BCUT2D eigenvalue weighted by molar-refractivity contribution is 5.98. The second-order valence-corrected chi connectivity index (χ2v) is 7.72. The highest BCUT2D eigenvalue weighted by Gasteiger charge is 2.51. The molecule has 146 valence electrons. The number of carboxylic acid groups (broad SMARTS) is 4. The molecule has 8 nitrogen and oxygen atoms in total. The highest BCUT2D eigenvalue weighted by Crippen LogP contribution is 2.46. The van der Waals surface area contributed by atoms with E-state index in [9.17, 15) is 39.6 Å². The molecular weight excluding hydrogens is 344 g/mol. The molecule has 4 unspecified atom stereocenters. The van der Waals surface area contributed by atoms with Crippen LogP contribution in [0.2, 0.25) is 0 Å². The molecule has 0 saturated carbocycles. The maximum atomic E-state index is 11.5. The Morgan fingerprint density at radius 1 is 0.692 bits per heavy atom. The van der Waals surface area contributed by atoms with Crippen LogP contribution >= 0.6 is 0 Å². The SMILES string of the molecule is CC1C=CC(C)C(CC(C)(C(=O)O)C(=O)O)C1CC(C)(C(=O)O)C(=O)O. The second kappa shape index (κ2) is 7.47. The van der Waals surface area contributed by atoms with Gasteiger partial charge in [0, 0.05) is 0 Å². The van der Waals surface area contributed by atoms with Crippen LogP contribution in [0.5, 0.6) is 0 Å². The molecule has 4 atom stereocenters. The van der Waals surface area contributed by atoms with Gasteiger partial charge in [-0.3, -0.25) is 19.2 Å². The number of allylic oxidation sites excluding steroid dienone is 2. The summed E-state index contributed by atoms with van der Waals surface area (Å²) < 4.78 is 0.